The number of unbranched alkanes of at least 4 members (excludes halogenated alkanes) is 29. The Bertz CT molecular complexity index is 1180. The van der Waals surface area contributed by atoms with Crippen LogP contribution in [-0.2, 0) is 28.6 Å². The van der Waals surface area contributed by atoms with Crippen molar-refractivity contribution in [2.24, 2.45) is 0 Å². The number of hydrogen-bond donors (Lipinski definition) is 0. The lowest BCUT2D eigenvalue weighted by Crippen LogP contribution is -2.30. The fourth-order valence-electron chi connectivity index (χ4n) is 7.73. The molecule has 0 unspecified atom stereocenters. The molecule has 6 heteroatoms. The van der Waals surface area contributed by atoms with Crippen molar-refractivity contribution in [3.63, 3.8) is 0 Å². The van der Waals surface area contributed by atoms with Gasteiger partial charge in [-0.15, -0.1) is 0 Å². The summed E-state index contributed by atoms with van der Waals surface area (Å²) in [4.78, 5) is 38.1. The number of esters is 3. The molecule has 1 atom stereocenters. The van der Waals surface area contributed by atoms with Crippen LogP contribution in [0.5, 0.6) is 0 Å². The first-order valence-corrected chi connectivity index (χ1v) is 27.8. The number of rotatable bonds is 50. The van der Waals surface area contributed by atoms with Crippen molar-refractivity contribution in [3.05, 3.63) is 60.8 Å². The van der Waals surface area contributed by atoms with E-state index in [0.29, 0.717) is 19.3 Å². The maximum absolute atomic E-state index is 12.8. The monoisotopic (exact) mass is 909 g/mol. The van der Waals surface area contributed by atoms with Crippen molar-refractivity contribution in [2.75, 3.05) is 13.2 Å². The molecule has 0 N–H and O–H groups in total. The molecule has 6 nitrogen and oxygen atoms in total. The topological polar surface area (TPSA) is 78.9 Å². The molecule has 0 bridgehead atoms. The summed E-state index contributed by atoms with van der Waals surface area (Å²) in [5, 5.41) is 0. The highest BCUT2D eigenvalue weighted by Crippen LogP contribution is 2.14. The minimum absolute atomic E-state index is 0.0855. The van der Waals surface area contributed by atoms with E-state index >= 15 is 0 Å². The zero-order valence-electron chi connectivity index (χ0n) is 43.0. The standard InChI is InChI=1S/C59H104O6/c1-4-7-10-13-16-19-22-25-28-29-30-31-32-35-37-40-43-46-49-52-58(61)64-55-56(65-59(62)53-50-47-44-41-38-34-27-24-21-18-15-12-9-6-3)54-63-57(60)51-48-45-42-39-36-33-26-23-20-17-14-11-8-5-2/h16,19,23-28,30-31,56H,4-15,17-18,20-22,29,32-55H2,1-3H3/b19-16-,26-23-,27-24-,28-25-,31-30-/t56-/m1/s1. The first kappa shape index (κ1) is 62.1. The van der Waals surface area contributed by atoms with Gasteiger partial charge in [0.1, 0.15) is 13.2 Å². The Morgan fingerprint density at radius 2 is 0.554 bits per heavy atom. The molecule has 65 heavy (non-hydrogen) atoms. The number of carbonyl (C=O) groups is 3. The molecule has 0 aliphatic carbocycles. The lowest BCUT2D eigenvalue weighted by atomic mass is 10.1. The first-order valence-electron chi connectivity index (χ1n) is 27.8. The Morgan fingerprint density at radius 3 is 0.908 bits per heavy atom. The fourth-order valence-corrected chi connectivity index (χ4v) is 7.73. The molecular weight excluding hydrogens is 805 g/mol. The number of allylic oxidation sites excluding steroid dienone is 10. The lowest BCUT2D eigenvalue weighted by molar-refractivity contribution is -0.167. The van der Waals surface area contributed by atoms with Crippen LogP contribution >= 0.6 is 0 Å². The maximum atomic E-state index is 12.8. The second kappa shape index (κ2) is 53.7. The average molecular weight is 909 g/mol. The van der Waals surface area contributed by atoms with Crippen LogP contribution in [0.4, 0.5) is 0 Å². The van der Waals surface area contributed by atoms with Gasteiger partial charge in [-0.1, -0.05) is 210 Å². The van der Waals surface area contributed by atoms with E-state index in [1.807, 2.05) is 0 Å². The van der Waals surface area contributed by atoms with E-state index in [0.717, 1.165) is 96.3 Å². The SMILES string of the molecule is CCCCC/C=C\C/C=C\C/C=C\CCCCCCCCC(=O)OC[C@@H](COC(=O)CCCCCCC/C=C\CCCCCCC)OC(=O)CCCCCCC/C=C\CCCCCCC. The Hall–Kier alpha value is -2.89. The molecule has 0 saturated heterocycles. The van der Waals surface area contributed by atoms with Crippen LogP contribution in [0.15, 0.2) is 60.8 Å². The highest BCUT2D eigenvalue weighted by Gasteiger charge is 2.19. The third-order valence-electron chi connectivity index (χ3n) is 12.0. The normalized spacial score (nSPS) is 12.5. The van der Waals surface area contributed by atoms with Crippen molar-refractivity contribution in [2.45, 2.75) is 284 Å². The molecule has 0 aromatic carbocycles. The highest BCUT2D eigenvalue weighted by molar-refractivity contribution is 5.71. The molecule has 0 saturated carbocycles. The Kier molecular flexibility index (Phi) is 51.3. The van der Waals surface area contributed by atoms with Crippen LogP contribution < -0.4 is 0 Å². The zero-order valence-corrected chi connectivity index (χ0v) is 43.0. The van der Waals surface area contributed by atoms with Crippen LogP contribution in [0.25, 0.3) is 0 Å². The summed E-state index contributed by atoms with van der Waals surface area (Å²) in [5.74, 6) is -0.907. The molecule has 0 fully saturated rings. The van der Waals surface area contributed by atoms with E-state index in [-0.39, 0.29) is 31.1 Å². The van der Waals surface area contributed by atoms with Gasteiger partial charge in [-0.25, -0.2) is 0 Å². The van der Waals surface area contributed by atoms with Gasteiger partial charge in [-0.05, 0) is 109 Å². The number of ether oxygens (including phenoxy) is 3. The molecule has 0 aliphatic rings. The number of hydrogen-bond acceptors (Lipinski definition) is 6. The van der Waals surface area contributed by atoms with Crippen molar-refractivity contribution >= 4 is 17.9 Å². The molecule has 0 aliphatic heterocycles. The van der Waals surface area contributed by atoms with Gasteiger partial charge in [0, 0.05) is 19.3 Å². The summed E-state index contributed by atoms with van der Waals surface area (Å²) in [6, 6.07) is 0. The summed E-state index contributed by atoms with van der Waals surface area (Å²) < 4.78 is 16.8. The van der Waals surface area contributed by atoms with Gasteiger partial charge >= 0.3 is 17.9 Å². The van der Waals surface area contributed by atoms with Gasteiger partial charge in [0.15, 0.2) is 6.10 Å². The van der Waals surface area contributed by atoms with Gasteiger partial charge in [0.2, 0.25) is 0 Å². The van der Waals surface area contributed by atoms with Gasteiger partial charge in [-0.2, -0.15) is 0 Å². The molecule has 0 aromatic heterocycles. The van der Waals surface area contributed by atoms with Crippen LogP contribution in [0.1, 0.15) is 278 Å². The predicted molar refractivity (Wildman–Crippen MR) is 279 cm³/mol. The molecule has 0 aromatic rings. The second-order valence-corrected chi connectivity index (χ2v) is 18.5. The van der Waals surface area contributed by atoms with Gasteiger partial charge in [-0.3, -0.25) is 14.4 Å². The van der Waals surface area contributed by atoms with Crippen LogP contribution in [-0.4, -0.2) is 37.2 Å². The Balaban J connectivity index is 4.40. The van der Waals surface area contributed by atoms with E-state index < -0.39 is 6.10 Å². The molecular formula is C59H104O6. The quantitative estimate of drug-likeness (QED) is 0.0262. The van der Waals surface area contributed by atoms with Crippen molar-refractivity contribution < 1.29 is 28.6 Å². The summed E-state index contributed by atoms with van der Waals surface area (Å²) >= 11 is 0. The molecule has 0 heterocycles. The largest absolute Gasteiger partial charge is 0.462 e. The summed E-state index contributed by atoms with van der Waals surface area (Å²) in [5.41, 5.74) is 0. The molecule has 0 spiro atoms. The van der Waals surface area contributed by atoms with E-state index in [2.05, 4.69) is 81.5 Å². The van der Waals surface area contributed by atoms with Gasteiger partial charge in [0.25, 0.3) is 0 Å². The Labute approximate surface area is 402 Å². The van der Waals surface area contributed by atoms with Crippen LogP contribution in [0.3, 0.4) is 0 Å². The Morgan fingerprint density at radius 1 is 0.308 bits per heavy atom. The average Bonchev–Trinajstić information content (AvgIpc) is 3.30. The minimum Gasteiger partial charge on any atom is -0.462 e. The van der Waals surface area contributed by atoms with Crippen LogP contribution in [0, 0.1) is 0 Å². The molecule has 0 rings (SSSR count). The van der Waals surface area contributed by atoms with E-state index in [9.17, 15) is 14.4 Å². The van der Waals surface area contributed by atoms with E-state index in [4.69, 9.17) is 14.2 Å². The summed E-state index contributed by atoms with van der Waals surface area (Å²) in [6.07, 6.45) is 66.3. The fraction of sp³-hybridized carbons (Fsp3) is 0.780. The lowest BCUT2D eigenvalue weighted by Gasteiger charge is -2.18. The summed E-state index contributed by atoms with van der Waals surface area (Å²) in [6.45, 7) is 6.58. The first-order chi connectivity index (χ1) is 32.0. The van der Waals surface area contributed by atoms with E-state index in [1.165, 1.54) is 141 Å². The maximum Gasteiger partial charge on any atom is 0.306 e. The third kappa shape index (κ3) is 51.9. The van der Waals surface area contributed by atoms with Crippen molar-refractivity contribution in [1.29, 1.82) is 0 Å². The van der Waals surface area contributed by atoms with Gasteiger partial charge in [0.05, 0.1) is 0 Å². The van der Waals surface area contributed by atoms with Gasteiger partial charge < -0.3 is 14.2 Å². The highest BCUT2D eigenvalue weighted by atomic mass is 16.6. The summed E-state index contributed by atoms with van der Waals surface area (Å²) in [7, 11) is 0. The molecule has 0 radical (unpaired) electrons. The molecule has 0 amide bonds. The smallest absolute Gasteiger partial charge is 0.306 e. The predicted octanol–water partition coefficient (Wildman–Crippen LogP) is 18.4. The second-order valence-electron chi connectivity index (χ2n) is 18.5. The molecule has 376 valence electrons. The zero-order chi connectivity index (χ0) is 47.2. The minimum atomic E-state index is -0.787. The van der Waals surface area contributed by atoms with E-state index in [1.54, 1.807) is 0 Å². The third-order valence-corrected chi connectivity index (χ3v) is 12.0. The number of carbonyl (C=O) groups excluding carboxylic acids is 3. The van der Waals surface area contributed by atoms with Crippen molar-refractivity contribution in [3.8, 4) is 0 Å². The van der Waals surface area contributed by atoms with Crippen molar-refractivity contribution in [1.82, 2.24) is 0 Å². The van der Waals surface area contributed by atoms with Crippen LogP contribution in [0.2, 0.25) is 0 Å².